The van der Waals surface area contributed by atoms with Gasteiger partial charge >= 0.3 is 0 Å². The Balaban J connectivity index is 1.83. The van der Waals surface area contributed by atoms with Crippen LogP contribution in [0.3, 0.4) is 0 Å². The van der Waals surface area contributed by atoms with Crippen LogP contribution in [0, 0.1) is 12.3 Å². The van der Waals surface area contributed by atoms with Crippen molar-refractivity contribution in [1.82, 2.24) is 0 Å². The summed E-state index contributed by atoms with van der Waals surface area (Å²) in [6, 6.07) is 15.1. The van der Waals surface area contributed by atoms with Gasteiger partial charge in [-0.05, 0) is 42.8 Å². The third kappa shape index (κ3) is 3.75. The number of rotatable bonds is 6. The maximum absolute atomic E-state index is 7.43. The zero-order chi connectivity index (χ0) is 14.4. The smallest absolute Gasteiger partial charge is 0.123 e. The van der Waals surface area contributed by atoms with Crippen LogP contribution in [0.15, 0.2) is 48.5 Å². The SMILES string of the molecule is Cc1cc(OCCOc2ccccc2)ccc1C(=N)N. The molecule has 0 saturated heterocycles. The Labute approximate surface area is 118 Å². The standard InChI is InChI=1S/C16H18N2O2/c1-12-11-14(7-8-15(12)16(17)18)20-10-9-19-13-5-3-2-4-6-13/h2-8,11H,9-10H2,1H3,(H3,17,18). The predicted octanol–water partition coefficient (Wildman–Crippen LogP) is 2.74. The van der Waals surface area contributed by atoms with E-state index < -0.39 is 0 Å². The summed E-state index contributed by atoms with van der Waals surface area (Å²) in [7, 11) is 0. The Morgan fingerprint density at radius 2 is 1.65 bits per heavy atom. The maximum Gasteiger partial charge on any atom is 0.123 e. The second kappa shape index (κ2) is 6.61. The summed E-state index contributed by atoms with van der Waals surface area (Å²) >= 11 is 0. The first-order chi connectivity index (χ1) is 9.66. The van der Waals surface area contributed by atoms with Crippen molar-refractivity contribution in [3.63, 3.8) is 0 Å². The lowest BCUT2D eigenvalue weighted by molar-refractivity contribution is 0.217. The van der Waals surface area contributed by atoms with Gasteiger partial charge in [0, 0.05) is 5.56 Å². The topological polar surface area (TPSA) is 68.3 Å². The van der Waals surface area contributed by atoms with E-state index in [9.17, 15) is 0 Å². The Bertz CT molecular complexity index is 582. The molecule has 0 amide bonds. The molecule has 2 aromatic carbocycles. The fraction of sp³-hybridized carbons (Fsp3) is 0.188. The zero-order valence-corrected chi connectivity index (χ0v) is 11.4. The van der Waals surface area contributed by atoms with Gasteiger partial charge in [-0.2, -0.15) is 0 Å². The van der Waals surface area contributed by atoms with E-state index in [2.05, 4.69) is 0 Å². The molecular weight excluding hydrogens is 252 g/mol. The molecule has 0 aliphatic rings. The molecule has 20 heavy (non-hydrogen) atoms. The monoisotopic (exact) mass is 270 g/mol. The van der Waals surface area contributed by atoms with E-state index in [1.165, 1.54) is 0 Å². The average molecular weight is 270 g/mol. The number of aryl methyl sites for hydroxylation is 1. The third-order valence-electron chi connectivity index (χ3n) is 2.85. The molecule has 2 rings (SSSR count). The molecule has 0 atom stereocenters. The molecule has 4 heteroatoms. The summed E-state index contributed by atoms with van der Waals surface area (Å²) in [6.07, 6.45) is 0. The van der Waals surface area contributed by atoms with Gasteiger partial charge < -0.3 is 15.2 Å². The van der Waals surface area contributed by atoms with E-state index in [4.69, 9.17) is 20.6 Å². The minimum absolute atomic E-state index is 0.0708. The van der Waals surface area contributed by atoms with E-state index in [1.807, 2.05) is 49.4 Å². The number of hydrogen-bond donors (Lipinski definition) is 2. The molecule has 3 N–H and O–H groups in total. The highest BCUT2D eigenvalue weighted by molar-refractivity contribution is 5.96. The number of ether oxygens (including phenoxy) is 2. The van der Waals surface area contributed by atoms with Crippen LogP contribution in [0.4, 0.5) is 0 Å². The molecule has 0 radical (unpaired) electrons. The number of benzene rings is 2. The largest absolute Gasteiger partial charge is 0.490 e. The summed E-state index contributed by atoms with van der Waals surface area (Å²) in [5.41, 5.74) is 7.14. The second-order valence-electron chi connectivity index (χ2n) is 4.40. The third-order valence-corrected chi connectivity index (χ3v) is 2.85. The van der Waals surface area contributed by atoms with Crippen molar-refractivity contribution in [3.8, 4) is 11.5 Å². The first-order valence-electron chi connectivity index (χ1n) is 6.42. The van der Waals surface area contributed by atoms with Crippen LogP contribution in [-0.2, 0) is 0 Å². The lowest BCUT2D eigenvalue weighted by atomic mass is 10.1. The van der Waals surface area contributed by atoms with Gasteiger partial charge in [0.2, 0.25) is 0 Å². The lowest BCUT2D eigenvalue weighted by Crippen LogP contribution is -2.13. The van der Waals surface area contributed by atoms with Crippen LogP contribution >= 0.6 is 0 Å². The van der Waals surface area contributed by atoms with Gasteiger partial charge in [-0.15, -0.1) is 0 Å². The van der Waals surface area contributed by atoms with Crippen LogP contribution in [0.25, 0.3) is 0 Å². The van der Waals surface area contributed by atoms with Crippen molar-refractivity contribution in [3.05, 3.63) is 59.7 Å². The molecule has 0 spiro atoms. The molecule has 2 aromatic rings. The van der Waals surface area contributed by atoms with Gasteiger partial charge in [-0.1, -0.05) is 18.2 Å². The molecule has 0 aromatic heterocycles. The molecule has 0 unspecified atom stereocenters. The van der Waals surface area contributed by atoms with Crippen LogP contribution in [-0.4, -0.2) is 19.0 Å². The minimum atomic E-state index is 0.0708. The molecule has 0 saturated carbocycles. The van der Waals surface area contributed by atoms with Crippen LogP contribution in [0.2, 0.25) is 0 Å². The summed E-state index contributed by atoms with van der Waals surface area (Å²) in [5, 5.41) is 7.43. The van der Waals surface area contributed by atoms with E-state index in [1.54, 1.807) is 6.07 Å². The quantitative estimate of drug-likeness (QED) is 0.482. The number of amidine groups is 1. The Morgan fingerprint density at radius 1 is 1.00 bits per heavy atom. The van der Waals surface area contributed by atoms with Crippen molar-refractivity contribution >= 4 is 5.84 Å². The Morgan fingerprint density at radius 3 is 2.25 bits per heavy atom. The highest BCUT2D eigenvalue weighted by Gasteiger charge is 2.03. The zero-order valence-electron chi connectivity index (χ0n) is 11.4. The number of hydrogen-bond acceptors (Lipinski definition) is 3. The van der Waals surface area contributed by atoms with Gasteiger partial charge in [0.1, 0.15) is 30.5 Å². The minimum Gasteiger partial charge on any atom is -0.490 e. The van der Waals surface area contributed by atoms with Crippen molar-refractivity contribution in [2.45, 2.75) is 6.92 Å². The molecule has 0 fully saturated rings. The van der Waals surface area contributed by atoms with Gasteiger partial charge in [0.05, 0.1) is 0 Å². The number of para-hydroxylation sites is 1. The fourth-order valence-corrected chi connectivity index (χ4v) is 1.86. The van der Waals surface area contributed by atoms with Gasteiger partial charge in [0.15, 0.2) is 0 Å². The van der Waals surface area contributed by atoms with Crippen molar-refractivity contribution in [1.29, 1.82) is 5.41 Å². The molecule has 0 heterocycles. The van der Waals surface area contributed by atoms with E-state index in [-0.39, 0.29) is 5.84 Å². The van der Waals surface area contributed by atoms with Crippen molar-refractivity contribution in [2.24, 2.45) is 5.73 Å². The Kier molecular flexibility index (Phi) is 4.60. The summed E-state index contributed by atoms with van der Waals surface area (Å²) in [4.78, 5) is 0. The molecule has 104 valence electrons. The summed E-state index contributed by atoms with van der Waals surface area (Å²) < 4.78 is 11.1. The molecule has 0 aliphatic heterocycles. The number of nitrogen functional groups attached to an aromatic ring is 1. The van der Waals surface area contributed by atoms with E-state index >= 15 is 0 Å². The van der Waals surface area contributed by atoms with E-state index in [0.29, 0.717) is 13.2 Å². The highest BCUT2D eigenvalue weighted by atomic mass is 16.5. The molecule has 0 aliphatic carbocycles. The first-order valence-corrected chi connectivity index (χ1v) is 6.42. The normalized spacial score (nSPS) is 10.1. The fourth-order valence-electron chi connectivity index (χ4n) is 1.86. The maximum atomic E-state index is 7.43. The summed E-state index contributed by atoms with van der Waals surface area (Å²) in [5.74, 6) is 1.66. The highest BCUT2D eigenvalue weighted by Crippen LogP contribution is 2.17. The number of nitrogens with two attached hydrogens (primary N) is 1. The summed E-state index contributed by atoms with van der Waals surface area (Å²) in [6.45, 7) is 2.86. The van der Waals surface area contributed by atoms with Crippen molar-refractivity contribution < 1.29 is 9.47 Å². The molecular formula is C16H18N2O2. The number of nitrogens with one attached hydrogen (secondary N) is 1. The molecule has 4 nitrogen and oxygen atoms in total. The lowest BCUT2D eigenvalue weighted by Gasteiger charge is -2.10. The van der Waals surface area contributed by atoms with Crippen LogP contribution in [0.5, 0.6) is 11.5 Å². The van der Waals surface area contributed by atoms with Crippen LogP contribution < -0.4 is 15.2 Å². The average Bonchev–Trinajstić information content (AvgIpc) is 2.44. The van der Waals surface area contributed by atoms with Gasteiger partial charge in [-0.25, -0.2) is 0 Å². The van der Waals surface area contributed by atoms with Gasteiger partial charge in [0.25, 0.3) is 0 Å². The van der Waals surface area contributed by atoms with Crippen LogP contribution in [0.1, 0.15) is 11.1 Å². The Hall–Kier alpha value is -2.49. The molecule has 0 bridgehead atoms. The van der Waals surface area contributed by atoms with E-state index in [0.717, 1.165) is 22.6 Å². The second-order valence-corrected chi connectivity index (χ2v) is 4.40. The predicted molar refractivity (Wildman–Crippen MR) is 79.6 cm³/mol. The first kappa shape index (κ1) is 13.9. The van der Waals surface area contributed by atoms with Gasteiger partial charge in [-0.3, -0.25) is 5.41 Å². The van der Waals surface area contributed by atoms with Crippen molar-refractivity contribution in [2.75, 3.05) is 13.2 Å².